The van der Waals surface area contributed by atoms with Crippen molar-refractivity contribution >= 4 is 35.0 Å². The van der Waals surface area contributed by atoms with Gasteiger partial charge in [-0.3, -0.25) is 9.59 Å². The summed E-state index contributed by atoms with van der Waals surface area (Å²) in [6, 6.07) is 0. The van der Waals surface area contributed by atoms with Crippen molar-refractivity contribution in [2.24, 2.45) is 16.1 Å². The molecule has 1 aliphatic heterocycles. The van der Waals surface area contributed by atoms with Gasteiger partial charge in [0.05, 0.1) is 6.42 Å². The number of hydrogen-bond donors (Lipinski definition) is 2. The van der Waals surface area contributed by atoms with E-state index in [1.165, 1.54) is 0 Å². The highest BCUT2D eigenvalue weighted by Crippen LogP contribution is 2.22. The Labute approximate surface area is 115 Å². The van der Waals surface area contributed by atoms with Crippen LogP contribution in [0.3, 0.4) is 0 Å². The molecule has 1 saturated heterocycles. The average Bonchev–Trinajstić information content (AvgIpc) is 2.70. The van der Waals surface area contributed by atoms with Gasteiger partial charge in [-0.1, -0.05) is 23.9 Å². The number of carbonyl (C=O) groups excluding carboxylic acids is 1. The topological polar surface area (TPSA) is 91.1 Å². The lowest BCUT2D eigenvalue weighted by atomic mass is 9.96. The van der Waals surface area contributed by atoms with Crippen molar-refractivity contribution in [2.45, 2.75) is 30.9 Å². The SMILES string of the molecule is O=C(O)CC1S/C(=N\N=C/C2CC=CCC2)NC1=O. The molecule has 0 saturated carbocycles. The van der Waals surface area contributed by atoms with Crippen LogP contribution in [0.5, 0.6) is 0 Å². The van der Waals surface area contributed by atoms with E-state index < -0.39 is 11.2 Å². The zero-order chi connectivity index (χ0) is 13.7. The van der Waals surface area contributed by atoms with Crippen molar-refractivity contribution in [2.75, 3.05) is 0 Å². The van der Waals surface area contributed by atoms with Gasteiger partial charge in [-0.05, 0) is 25.2 Å². The Morgan fingerprint density at radius 1 is 1.58 bits per heavy atom. The van der Waals surface area contributed by atoms with Gasteiger partial charge in [0.15, 0.2) is 5.17 Å². The number of carboxylic acids is 1. The first-order valence-corrected chi connectivity index (χ1v) is 6.98. The van der Waals surface area contributed by atoms with Crippen molar-refractivity contribution in [3.05, 3.63) is 12.2 Å². The molecule has 2 unspecified atom stereocenters. The molecule has 19 heavy (non-hydrogen) atoms. The Kier molecular flexibility index (Phi) is 4.73. The molecule has 0 aromatic carbocycles. The molecule has 0 spiro atoms. The second kappa shape index (κ2) is 6.51. The number of amides is 1. The van der Waals surface area contributed by atoms with Crippen LogP contribution in [0, 0.1) is 5.92 Å². The van der Waals surface area contributed by atoms with Crippen molar-refractivity contribution in [1.82, 2.24) is 5.32 Å². The minimum absolute atomic E-state index is 0.202. The van der Waals surface area contributed by atoms with Crippen LogP contribution in [0.4, 0.5) is 0 Å². The number of allylic oxidation sites excluding steroid dienone is 2. The molecule has 1 heterocycles. The van der Waals surface area contributed by atoms with E-state index in [-0.39, 0.29) is 12.3 Å². The first-order valence-electron chi connectivity index (χ1n) is 6.10. The molecule has 2 rings (SSSR count). The molecule has 2 aliphatic rings. The van der Waals surface area contributed by atoms with Crippen molar-refractivity contribution in [3.63, 3.8) is 0 Å². The van der Waals surface area contributed by atoms with Gasteiger partial charge in [-0.2, -0.15) is 5.10 Å². The fraction of sp³-hybridized carbons (Fsp3) is 0.500. The van der Waals surface area contributed by atoms with E-state index in [4.69, 9.17) is 5.11 Å². The monoisotopic (exact) mass is 281 g/mol. The van der Waals surface area contributed by atoms with Gasteiger partial charge in [0.2, 0.25) is 5.91 Å². The van der Waals surface area contributed by atoms with Crippen LogP contribution in [0.25, 0.3) is 0 Å². The van der Waals surface area contributed by atoms with E-state index in [0.717, 1.165) is 31.0 Å². The van der Waals surface area contributed by atoms with Gasteiger partial charge in [0, 0.05) is 6.21 Å². The van der Waals surface area contributed by atoms with E-state index in [0.29, 0.717) is 11.1 Å². The summed E-state index contributed by atoms with van der Waals surface area (Å²) in [6.45, 7) is 0. The van der Waals surface area contributed by atoms with Crippen LogP contribution in [0.1, 0.15) is 25.7 Å². The summed E-state index contributed by atoms with van der Waals surface area (Å²) in [5.74, 6) is -0.917. The summed E-state index contributed by atoms with van der Waals surface area (Å²) in [5.41, 5.74) is 0. The molecule has 2 atom stereocenters. The van der Waals surface area contributed by atoms with Gasteiger partial charge in [0.1, 0.15) is 5.25 Å². The molecule has 0 bridgehead atoms. The largest absolute Gasteiger partial charge is 0.481 e. The van der Waals surface area contributed by atoms with Crippen molar-refractivity contribution in [1.29, 1.82) is 0 Å². The zero-order valence-corrected chi connectivity index (χ0v) is 11.1. The molecule has 0 aromatic rings. The zero-order valence-electron chi connectivity index (χ0n) is 10.3. The fourth-order valence-corrected chi connectivity index (χ4v) is 2.79. The van der Waals surface area contributed by atoms with Crippen LogP contribution >= 0.6 is 11.8 Å². The maximum absolute atomic E-state index is 11.4. The van der Waals surface area contributed by atoms with Crippen LogP contribution in [0.15, 0.2) is 22.4 Å². The molecule has 0 radical (unpaired) electrons. The molecule has 6 nitrogen and oxygen atoms in total. The minimum atomic E-state index is -0.994. The van der Waals surface area contributed by atoms with Gasteiger partial charge >= 0.3 is 5.97 Å². The summed E-state index contributed by atoms with van der Waals surface area (Å²) in [5, 5.41) is 18.8. The summed E-state index contributed by atoms with van der Waals surface area (Å²) in [7, 11) is 0. The molecule has 0 aromatic heterocycles. The number of thioether (sulfide) groups is 1. The van der Waals surface area contributed by atoms with Gasteiger partial charge in [0.25, 0.3) is 0 Å². The summed E-state index contributed by atoms with van der Waals surface area (Å²) < 4.78 is 0. The third-order valence-corrected chi connectivity index (χ3v) is 3.94. The first kappa shape index (κ1) is 13.8. The third-order valence-electron chi connectivity index (χ3n) is 2.87. The van der Waals surface area contributed by atoms with Crippen LogP contribution in [-0.2, 0) is 9.59 Å². The average molecular weight is 281 g/mol. The molecule has 2 N–H and O–H groups in total. The number of carbonyl (C=O) groups is 2. The maximum Gasteiger partial charge on any atom is 0.305 e. The van der Waals surface area contributed by atoms with Gasteiger partial charge in [-0.15, -0.1) is 5.10 Å². The van der Waals surface area contributed by atoms with Crippen LogP contribution in [0.2, 0.25) is 0 Å². The van der Waals surface area contributed by atoms with E-state index in [1.807, 2.05) is 0 Å². The van der Waals surface area contributed by atoms with E-state index in [1.54, 1.807) is 6.21 Å². The molecule has 102 valence electrons. The number of carboxylic acid groups (broad SMARTS) is 1. The number of hydrogen-bond acceptors (Lipinski definition) is 5. The van der Waals surface area contributed by atoms with Gasteiger partial charge in [-0.25, -0.2) is 0 Å². The summed E-state index contributed by atoms with van der Waals surface area (Å²) in [4.78, 5) is 22.0. The lowest BCUT2D eigenvalue weighted by molar-refractivity contribution is -0.138. The predicted octanol–water partition coefficient (Wildman–Crippen LogP) is 1.39. The minimum Gasteiger partial charge on any atom is -0.481 e. The molecule has 1 amide bonds. The maximum atomic E-state index is 11.4. The van der Waals surface area contributed by atoms with E-state index >= 15 is 0 Å². The Morgan fingerprint density at radius 3 is 3.11 bits per heavy atom. The molecular formula is C12H15N3O3S. The number of nitrogens with zero attached hydrogens (tertiary/aromatic N) is 2. The normalized spacial score (nSPS) is 29.1. The summed E-state index contributed by atoms with van der Waals surface area (Å²) >= 11 is 1.11. The fourth-order valence-electron chi connectivity index (χ4n) is 1.88. The number of amidine groups is 1. The highest BCUT2D eigenvalue weighted by Gasteiger charge is 2.32. The van der Waals surface area contributed by atoms with E-state index in [2.05, 4.69) is 27.7 Å². The van der Waals surface area contributed by atoms with Crippen LogP contribution in [-0.4, -0.2) is 33.6 Å². The molecule has 7 heteroatoms. The first-order chi connectivity index (χ1) is 9.15. The molecular weight excluding hydrogens is 266 g/mol. The van der Waals surface area contributed by atoms with Crippen LogP contribution < -0.4 is 5.32 Å². The smallest absolute Gasteiger partial charge is 0.305 e. The van der Waals surface area contributed by atoms with Gasteiger partial charge < -0.3 is 10.4 Å². The number of aliphatic carboxylic acids is 1. The lowest BCUT2D eigenvalue weighted by Crippen LogP contribution is -2.26. The molecule has 1 fully saturated rings. The van der Waals surface area contributed by atoms with E-state index in [9.17, 15) is 9.59 Å². The quantitative estimate of drug-likeness (QED) is 0.463. The van der Waals surface area contributed by atoms with Crippen molar-refractivity contribution < 1.29 is 14.7 Å². The number of rotatable bonds is 4. The van der Waals surface area contributed by atoms with Crippen molar-refractivity contribution in [3.8, 4) is 0 Å². The Hall–Kier alpha value is -1.63. The molecule has 1 aliphatic carbocycles. The highest BCUT2D eigenvalue weighted by molar-refractivity contribution is 8.15. The summed E-state index contributed by atoms with van der Waals surface area (Å²) in [6.07, 6.45) is 8.95. The predicted molar refractivity (Wildman–Crippen MR) is 74.2 cm³/mol. The lowest BCUT2D eigenvalue weighted by Gasteiger charge is -2.10. The Morgan fingerprint density at radius 2 is 2.42 bits per heavy atom. The third kappa shape index (κ3) is 4.20. The second-order valence-corrected chi connectivity index (χ2v) is 5.60. The Balaban J connectivity index is 1.87. The second-order valence-electron chi connectivity index (χ2n) is 4.41. The Bertz CT molecular complexity index is 459. The standard InChI is InChI=1S/C12H15N3O3S/c16-10(17)6-9-11(18)14-12(19-9)15-13-7-8-4-2-1-3-5-8/h1-2,7-9H,3-6H2,(H,16,17)(H,14,15,18)/b13-7-. The highest BCUT2D eigenvalue weighted by atomic mass is 32.2. The number of nitrogens with one attached hydrogen (secondary N) is 1.